The number of nitro benzene ring substituents is 1. The molecule has 42 heavy (non-hydrogen) atoms. The van der Waals surface area contributed by atoms with Crippen molar-refractivity contribution in [1.82, 2.24) is 5.32 Å². The topological polar surface area (TPSA) is 139 Å². The highest BCUT2D eigenvalue weighted by Crippen LogP contribution is 2.68. The Kier molecular flexibility index (Phi) is 9.00. The molecule has 3 N–H and O–H groups in total. The van der Waals surface area contributed by atoms with Gasteiger partial charge >= 0.3 is 5.97 Å². The van der Waals surface area contributed by atoms with E-state index in [9.17, 15) is 24.8 Å². The van der Waals surface area contributed by atoms with Gasteiger partial charge in [0.1, 0.15) is 6.54 Å². The van der Waals surface area contributed by atoms with Gasteiger partial charge in [-0.05, 0) is 110 Å². The van der Waals surface area contributed by atoms with Crippen LogP contribution in [0.4, 0.5) is 5.69 Å². The molecule has 4 saturated carbocycles. The first-order valence-electron chi connectivity index (χ1n) is 16.0. The summed E-state index contributed by atoms with van der Waals surface area (Å²) in [7, 11) is 0. The molecule has 4 fully saturated rings. The first kappa shape index (κ1) is 30.9. The summed E-state index contributed by atoms with van der Waals surface area (Å²) in [6.07, 6.45) is 9.07. The van der Waals surface area contributed by atoms with Crippen LogP contribution in [0.3, 0.4) is 0 Å². The van der Waals surface area contributed by atoms with Gasteiger partial charge in [-0.3, -0.25) is 19.7 Å². The number of carbonyl (C=O) groups is 2. The maximum absolute atomic E-state index is 12.2. The summed E-state index contributed by atoms with van der Waals surface area (Å²) in [5.41, 5.74) is 0.741. The minimum Gasteiger partial charge on any atom is -0.480 e. The molecule has 0 aliphatic heterocycles. The molecule has 0 spiro atoms. The number of nitro groups is 1. The van der Waals surface area contributed by atoms with E-state index in [0.717, 1.165) is 44.9 Å². The Hall–Kier alpha value is -2.52. The number of amides is 1. The fourth-order valence-corrected chi connectivity index (χ4v) is 10.1. The lowest BCUT2D eigenvalue weighted by molar-refractivity contribution is -0.386. The monoisotopic (exact) mass is 584 g/mol. The molecule has 4 aliphatic carbocycles. The molecule has 0 heterocycles. The van der Waals surface area contributed by atoms with E-state index in [1.807, 2.05) is 6.07 Å². The second kappa shape index (κ2) is 12.2. The van der Waals surface area contributed by atoms with Crippen molar-refractivity contribution in [2.24, 2.45) is 46.3 Å². The Balaban J connectivity index is 1.21. The smallest absolute Gasteiger partial charge is 0.322 e. The van der Waals surface area contributed by atoms with Gasteiger partial charge in [-0.2, -0.15) is 0 Å². The van der Waals surface area contributed by atoms with Gasteiger partial charge < -0.3 is 20.3 Å². The van der Waals surface area contributed by atoms with Crippen molar-refractivity contribution in [1.29, 1.82) is 0 Å². The van der Waals surface area contributed by atoms with Gasteiger partial charge in [0.15, 0.2) is 0 Å². The van der Waals surface area contributed by atoms with Crippen LogP contribution in [0.1, 0.15) is 90.5 Å². The number of carbonyl (C=O) groups excluding carboxylic acids is 1. The number of nitrogens with zero attached hydrogens (tertiary/aromatic N) is 1. The molecule has 1 aromatic rings. The van der Waals surface area contributed by atoms with Crippen LogP contribution in [0.25, 0.3) is 0 Å². The lowest BCUT2D eigenvalue weighted by atomic mass is 9.43. The number of carboxylic acids is 1. The summed E-state index contributed by atoms with van der Waals surface area (Å²) < 4.78 is 6.29. The molecular formula is C33H48N2O7. The molecule has 4 aliphatic rings. The zero-order valence-electron chi connectivity index (χ0n) is 25.3. The number of aliphatic hydroxyl groups is 1. The van der Waals surface area contributed by atoms with Gasteiger partial charge in [0, 0.05) is 12.5 Å². The molecule has 1 amide bonds. The molecular weight excluding hydrogens is 536 g/mol. The van der Waals surface area contributed by atoms with Crippen LogP contribution in [0.2, 0.25) is 0 Å². The lowest BCUT2D eigenvalue weighted by Gasteiger charge is -2.62. The second-order valence-corrected chi connectivity index (χ2v) is 14.2. The molecule has 10 atom stereocenters. The van der Waals surface area contributed by atoms with E-state index in [1.165, 1.54) is 12.5 Å². The molecule has 5 rings (SSSR count). The molecule has 0 unspecified atom stereocenters. The fraction of sp³-hybridized carbons (Fsp3) is 0.758. The highest BCUT2D eigenvalue weighted by Gasteiger charge is 2.63. The van der Waals surface area contributed by atoms with Gasteiger partial charge in [0.25, 0.3) is 5.69 Å². The maximum atomic E-state index is 12.2. The average Bonchev–Trinajstić information content (AvgIpc) is 3.33. The van der Waals surface area contributed by atoms with Crippen molar-refractivity contribution in [2.45, 2.75) is 104 Å². The largest absolute Gasteiger partial charge is 0.480 e. The summed E-state index contributed by atoms with van der Waals surface area (Å²) in [5, 5.41) is 34.6. The van der Waals surface area contributed by atoms with Crippen LogP contribution >= 0.6 is 0 Å². The standard InChI is InChI=1S/C33H48N2O7/c1-20(8-13-30(37)34-18-31(38)39)25-11-12-26-24-10-9-22-16-23(42-19-21-6-4-5-7-28(21)35(40)41)14-15-32(22,2)27(24)17-29(36)33(25,26)3/h4-7,20,22-27,29,36H,8-19H2,1-3H3,(H,34,37)(H,38,39)/t20-,22-,23-,24+,25-,26+,27+,29+,32+,33-/m1/s1. The zero-order valence-corrected chi connectivity index (χ0v) is 25.3. The first-order valence-corrected chi connectivity index (χ1v) is 16.0. The number of aliphatic carboxylic acids is 1. The number of carboxylic acid groups (broad SMARTS) is 1. The van der Waals surface area contributed by atoms with Crippen LogP contribution in [0.5, 0.6) is 0 Å². The Bertz CT molecular complexity index is 1170. The number of nitrogens with one attached hydrogen (secondary N) is 1. The number of ether oxygens (including phenoxy) is 1. The predicted octanol–water partition coefficient (Wildman–Crippen LogP) is 5.73. The van der Waals surface area contributed by atoms with E-state index in [0.29, 0.717) is 48.0 Å². The Morgan fingerprint density at radius 3 is 2.62 bits per heavy atom. The van der Waals surface area contributed by atoms with Crippen LogP contribution in [-0.4, -0.2) is 45.8 Å². The predicted molar refractivity (Wildman–Crippen MR) is 157 cm³/mol. The number of hydrogen-bond donors (Lipinski definition) is 3. The van der Waals surface area contributed by atoms with Crippen LogP contribution in [0.15, 0.2) is 24.3 Å². The molecule has 1 aromatic carbocycles. The fourth-order valence-electron chi connectivity index (χ4n) is 10.1. The molecule has 232 valence electrons. The van der Waals surface area contributed by atoms with Gasteiger partial charge in [-0.15, -0.1) is 0 Å². The van der Waals surface area contributed by atoms with E-state index in [1.54, 1.807) is 12.1 Å². The summed E-state index contributed by atoms with van der Waals surface area (Å²) in [6.45, 7) is 6.87. The zero-order chi connectivity index (χ0) is 30.2. The van der Waals surface area contributed by atoms with Crippen LogP contribution in [-0.2, 0) is 20.9 Å². The van der Waals surface area contributed by atoms with Crippen molar-refractivity contribution in [3.05, 3.63) is 39.9 Å². The van der Waals surface area contributed by atoms with Gasteiger partial charge in [0.2, 0.25) is 5.91 Å². The molecule has 0 saturated heterocycles. The van der Waals surface area contributed by atoms with E-state index >= 15 is 0 Å². The molecule has 9 heteroatoms. The summed E-state index contributed by atoms with van der Waals surface area (Å²) in [6, 6.07) is 6.82. The van der Waals surface area contributed by atoms with Crippen molar-refractivity contribution < 1.29 is 29.5 Å². The van der Waals surface area contributed by atoms with Gasteiger partial charge in [-0.25, -0.2) is 0 Å². The van der Waals surface area contributed by atoms with E-state index in [2.05, 4.69) is 26.1 Å². The minimum atomic E-state index is -1.04. The Labute approximate surface area is 248 Å². The van der Waals surface area contributed by atoms with Crippen molar-refractivity contribution in [2.75, 3.05) is 6.54 Å². The molecule has 9 nitrogen and oxygen atoms in total. The van der Waals surface area contributed by atoms with Gasteiger partial charge in [0.05, 0.1) is 29.3 Å². The first-order chi connectivity index (χ1) is 19.9. The lowest BCUT2D eigenvalue weighted by Crippen LogP contribution is -2.58. The number of para-hydroxylation sites is 1. The van der Waals surface area contributed by atoms with Crippen LogP contribution in [0, 0.1) is 56.5 Å². The van der Waals surface area contributed by atoms with E-state index < -0.39 is 5.97 Å². The highest BCUT2D eigenvalue weighted by molar-refractivity contribution is 5.81. The molecule has 0 radical (unpaired) electrons. The quantitative estimate of drug-likeness (QED) is 0.236. The number of aliphatic hydroxyl groups excluding tert-OH is 1. The number of hydrogen-bond acceptors (Lipinski definition) is 6. The van der Waals surface area contributed by atoms with Crippen LogP contribution < -0.4 is 5.32 Å². The third-order valence-electron chi connectivity index (χ3n) is 12.4. The average molecular weight is 585 g/mol. The molecule has 0 bridgehead atoms. The second-order valence-electron chi connectivity index (χ2n) is 14.2. The van der Waals surface area contributed by atoms with Crippen molar-refractivity contribution in [3.8, 4) is 0 Å². The third-order valence-corrected chi connectivity index (χ3v) is 12.4. The minimum absolute atomic E-state index is 0.0997. The maximum Gasteiger partial charge on any atom is 0.322 e. The van der Waals surface area contributed by atoms with Crippen molar-refractivity contribution >= 4 is 17.6 Å². The summed E-state index contributed by atoms with van der Waals surface area (Å²) in [5.74, 6) is 1.46. The number of rotatable bonds is 10. The number of fused-ring (bicyclic) bond motifs is 5. The highest BCUT2D eigenvalue weighted by atomic mass is 16.6. The SMILES string of the molecule is C[C@H](CCC(=O)NCC(=O)O)[C@H]1CC[C@H]2[C@@H]3CC[C@@H]4C[C@H](OCc5ccccc5[N+](=O)[O-])CC[C@]4(C)[C@H]3C[C@H](O)[C@]12C. The number of benzene rings is 1. The van der Waals surface area contributed by atoms with E-state index in [-0.39, 0.29) is 58.6 Å². The van der Waals surface area contributed by atoms with E-state index in [4.69, 9.17) is 9.84 Å². The third kappa shape index (κ3) is 5.71. The Morgan fingerprint density at radius 2 is 1.88 bits per heavy atom. The van der Waals surface area contributed by atoms with Gasteiger partial charge in [-0.1, -0.05) is 32.9 Å². The Morgan fingerprint density at radius 1 is 1.12 bits per heavy atom. The summed E-state index contributed by atoms with van der Waals surface area (Å²) in [4.78, 5) is 34.0. The van der Waals surface area contributed by atoms with Crippen molar-refractivity contribution in [3.63, 3.8) is 0 Å². The normalized spacial score (nSPS) is 38.0. The summed E-state index contributed by atoms with van der Waals surface area (Å²) >= 11 is 0. The molecule has 0 aromatic heterocycles.